The number of benzene rings is 2. The summed E-state index contributed by atoms with van der Waals surface area (Å²) in [5.74, 6) is -0.795. The van der Waals surface area contributed by atoms with Crippen LogP contribution in [-0.4, -0.2) is 72.1 Å². The second kappa shape index (κ2) is 12.1. The lowest BCUT2D eigenvalue weighted by atomic mass is 9.95. The molecule has 2 N–H and O–H groups in total. The predicted molar refractivity (Wildman–Crippen MR) is 153 cm³/mol. The molecule has 2 fully saturated rings. The minimum Gasteiger partial charge on any atom is -0.372 e. The van der Waals surface area contributed by atoms with Gasteiger partial charge < -0.3 is 20.4 Å². The van der Waals surface area contributed by atoms with Gasteiger partial charge in [-0.2, -0.15) is 0 Å². The van der Waals surface area contributed by atoms with Crippen LogP contribution in [0.2, 0.25) is 0 Å². The van der Waals surface area contributed by atoms with Crippen molar-refractivity contribution in [2.75, 3.05) is 24.5 Å². The largest absolute Gasteiger partial charge is 0.372 e. The number of Topliss-reactive ketones (excluding diaryl/α,β-unsaturated/α-hetero) is 2. The van der Waals surface area contributed by atoms with Crippen molar-refractivity contribution in [3.63, 3.8) is 0 Å². The molecule has 4 unspecified atom stereocenters. The van der Waals surface area contributed by atoms with Crippen LogP contribution in [0.5, 0.6) is 0 Å². The molecule has 2 amide bonds. The lowest BCUT2D eigenvalue weighted by molar-refractivity contribution is -0.143. The monoisotopic (exact) mass is 532 g/mol. The zero-order valence-electron chi connectivity index (χ0n) is 23.6. The molecule has 1 aromatic rings. The molecule has 4 aliphatic rings. The SMILES string of the molecule is CCN(CC)c1ccc(C(=O)NC(CC(C)C)C(=O)N2C(C(C)=O)CC3NCC(=O)C32)cc1.c1cc2ccc1-2. The molecule has 39 heavy (non-hydrogen) atoms. The zero-order chi connectivity index (χ0) is 28.3. The summed E-state index contributed by atoms with van der Waals surface area (Å²) in [6.45, 7) is 11.5. The van der Waals surface area contributed by atoms with Crippen LogP contribution in [0.3, 0.4) is 0 Å². The van der Waals surface area contributed by atoms with Crippen molar-refractivity contribution in [3.8, 4) is 11.1 Å². The summed E-state index contributed by atoms with van der Waals surface area (Å²) in [6.07, 6.45) is 0.842. The Bertz CT molecular complexity index is 1180. The van der Waals surface area contributed by atoms with Crippen molar-refractivity contribution in [2.45, 2.75) is 71.6 Å². The van der Waals surface area contributed by atoms with Gasteiger partial charge in [0.2, 0.25) is 5.91 Å². The third-order valence-corrected chi connectivity index (χ3v) is 7.87. The van der Waals surface area contributed by atoms with Crippen LogP contribution in [-0.2, 0) is 14.4 Å². The van der Waals surface area contributed by atoms with Crippen molar-refractivity contribution in [1.29, 1.82) is 0 Å². The Kier molecular flexibility index (Phi) is 8.85. The number of likely N-dealkylation sites (tertiary alicyclic amines) is 1. The van der Waals surface area contributed by atoms with Gasteiger partial charge in [-0.15, -0.1) is 0 Å². The maximum Gasteiger partial charge on any atom is 0.251 e. The van der Waals surface area contributed by atoms with Gasteiger partial charge in [-0.3, -0.25) is 19.2 Å². The van der Waals surface area contributed by atoms with Crippen LogP contribution in [0.1, 0.15) is 57.8 Å². The van der Waals surface area contributed by atoms with Crippen LogP contribution >= 0.6 is 0 Å². The molecule has 1 aromatic carbocycles. The molecule has 0 spiro atoms. The fourth-order valence-corrected chi connectivity index (χ4v) is 5.62. The van der Waals surface area contributed by atoms with Crippen molar-refractivity contribution >= 4 is 29.1 Å². The minimum absolute atomic E-state index is 0.0845. The highest BCUT2D eigenvalue weighted by atomic mass is 16.2. The van der Waals surface area contributed by atoms with Crippen LogP contribution in [0.4, 0.5) is 5.69 Å². The topological polar surface area (TPSA) is 98.8 Å². The fraction of sp³-hybridized carbons (Fsp3) is 0.484. The standard InChI is InChI=1S/C25H36N4O4.C6H4/c1-6-28(7-2)18-10-8-17(9-11-18)24(32)27-20(12-15(3)4)25(33)29-21(16(5)30)13-19-23(29)22(31)14-26-19;1-2-6-4-3-5(1)6/h8-11,15,19-21,23,26H,6-7,12-14H2,1-5H3,(H,27,32);1-4H. The maximum atomic E-state index is 13.6. The van der Waals surface area contributed by atoms with Gasteiger partial charge in [0, 0.05) is 30.4 Å². The van der Waals surface area contributed by atoms with E-state index in [9.17, 15) is 19.2 Å². The quantitative estimate of drug-likeness (QED) is 0.438. The highest BCUT2D eigenvalue weighted by Crippen LogP contribution is 2.31. The smallest absolute Gasteiger partial charge is 0.251 e. The first-order chi connectivity index (χ1) is 18.6. The first kappa shape index (κ1) is 28.5. The average molecular weight is 533 g/mol. The second-order valence-electron chi connectivity index (χ2n) is 11.0. The number of carbonyl (C=O) groups is 4. The van der Waals surface area contributed by atoms with Gasteiger partial charge in [-0.25, -0.2) is 0 Å². The van der Waals surface area contributed by atoms with E-state index >= 15 is 0 Å². The van der Waals surface area contributed by atoms with Crippen LogP contribution in [0.15, 0.2) is 48.5 Å². The van der Waals surface area contributed by atoms with E-state index in [4.69, 9.17) is 0 Å². The van der Waals surface area contributed by atoms with Gasteiger partial charge in [0.1, 0.15) is 12.1 Å². The van der Waals surface area contributed by atoms with Gasteiger partial charge in [0.25, 0.3) is 5.91 Å². The molecule has 5 rings (SSSR count). The molecule has 0 saturated carbocycles. The van der Waals surface area contributed by atoms with Gasteiger partial charge in [0.15, 0.2) is 11.6 Å². The van der Waals surface area contributed by atoms with E-state index in [0.29, 0.717) is 18.4 Å². The van der Waals surface area contributed by atoms with Crippen LogP contribution < -0.4 is 15.5 Å². The van der Waals surface area contributed by atoms with Crippen molar-refractivity contribution in [1.82, 2.24) is 15.5 Å². The lowest BCUT2D eigenvalue weighted by Crippen LogP contribution is -2.56. The van der Waals surface area contributed by atoms with E-state index in [2.05, 4.69) is 53.6 Å². The molecule has 8 heteroatoms. The Morgan fingerprint density at radius 3 is 2.05 bits per heavy atom. The number of rotatable bonds is 9. The normalized spacial score (nSPS) is 21.1. The second-order valence-corrected chi connectivity index (χ2v) is 11.0. The Balaban J connectivity index is 0.000000508. The van der Waals surface area contributed by atoms with Gasteiger partial charge in [-0.1, -0.05) is 38.1 Å². The average Bonchev–Trinajstić information content (AvgIpc) is 3.46. The van der Waals surface area contributed by atoms with Crippen LogP contribution in [0.25, 0.3) is 11.1 Å². The zero-order valence-corrected chi connectivity index (χ0v) is 23.6. The molecule has 208 valence electrons. The summed E-state index contributed by atoms with van der Waals surface area (Å²) >= 11 is 0. The number of nitrogens with zero attached hydrogens (tertiary/aromatic N) is 2. The number of fused-ring (bicyclic) bond motifs is 2. The van der Waals surface area contributed by atoms with E-state index < -0.39 is 18.1 Å². The Morgan fingerprint density at radius 1 is 1.00 bits per heavy atom. The number of amides is 2. The number of ketones is 2. The minimum atomic E-state index is -0.811. The van der Waals surface area contributed by atoms with Gasteiger partial charge >= 0.3 is 0 Å². The Hall–Kier alpha value is -3.52. The Labute approximate surface area is 231 Å². The third-order valence-electron chi connectivity index (χ3n) is 7.87. The molecule has 0 aromatic heterocycles. The van der Waals surface area contributed by atoms with E-state index in [1.807, 2.05) is 26.0 Å². The molecule has 2 aliphatic carbocycles. The first-order valence-electron chi connectivity index (χ1n) is 14.0. The molecular formula is C31H40N4O4. The van der Waals surface area contributed by atoms with Gasteiger partial charge in [0.05, 0.1) is 12.6 Å². The van der Waals surface area contributed by atoms with Crippen molar-refractivity contribution in [2.24, 2.45) is 5.92 Å². The number of hydrogen-bond acceptors (Lipinski definition) is 6. The van der Waals surface area contributed by atoms with E-state index in [1.54, 1.807) is 12.1 Å². The fourth-order valence-electron chi connectivity index (χ4n) is 5.62. The summed E-state index contributed by atoms with van der Waals surface area (Å²) in [5.41, 5.74) is 4.35. The highest BCUT2D eigenvalue weighted by molar-refractivity contribution is 6.01. The summed E-state index contributed by atoms with van der Waals surface area (Å²) < 4.78 is 0. The lowest BCUT2D eigenvalue weighted by Gasteiger charge is -2.32. The van der Waals surface area contributed by atoms with Crippen LogP contribution in [0, 0.1) is 5.92 Å². The number of nitrogens with one attached hydrogen (secondary N) is 2. The molecule has 2 aliphatic heterocycles. The molecule has 0 radical (unpaired) electrons. The molecule has 2 saturated heterocycles. The molecular weight excluding hydrogens is 492 g/mol. The van der Waals surface area contributed by atoms with E-state index in [0.717, 1.165) is 18.8 Å². The summed E-state index contributed by atoms with van der Waals surface area (Å²) in [4.78, 5) is 55.1. The number of hydrogen-bond donors (Lipinski definition) is 2. The molecule has 8 nitrogen and oxygen atoms in total. The molecule has 0 bridgehead atoms. The summed E-state index contributed by atoms with van der Waals surface area (Å²) in [5, 5.41) is 6.01. The maximum absolute atomic E-state index is 13.6. The van der Waals surface area contributed by atoms with E-state index in [-0.39, 0.29) is 41.9 Å². The summed E-state index contributed by atoms with van der Waals surface area (Å²) in [6, 6.07) is 13.5. The summed E-state index contributed by atoms with van der Waals surface area (Å²) in [7, 11) is 0. The van der Waals surface area contributed by atoms with Crippen molar-refractivity contribution in [3.05, 3.63) is 54.1 Å². The number of anilines is 1. The van der Waals surface area contributed by atoms with Gasteiger partial charge in [-0.05, 0) is 74.9 Å². The highest BCUT2D eigenvalue weighted by Gasteiger charge is 2.52. The third kappa shape index (κ3) is 6.06. The predicted octanol–water partition coefficient (Wildman–Crippen LogP) is 3.44. The number of carbonyl (C=O) groups excluding carboxylic acids is 4. The first-order valence-corrected chi connectivity index (χ1v) is 14.0. The molecule has 4 atom stereocenters. The Morgan fingerprint density at radius 2 is 1.59 bits per heavy atom. The molecule has 2 heterocycles. The van der Waals surface area contributed by atoms with Crippen molar-refractivity contribution < 1.29 is 19.2 Å². The van der Waals surface area contributed by atoms with E-state index in [1.165, 1.54) is 23.0 Å².